The van der Waals surface area contributed by atoms with Crippen molar-refractivity contribution in [2.75, 3.05) is 24.6 Å². The van der Waals surface area contributed by atoms with Crippen LogP contribution in [0.4, 0.5) is 5.95 Å². The second-order valence-corrected chi connectivity index (χ2v) is 3.90. The van der Waals surface area contributed by atoms with Gasteiger partial charge >= 0.3 is 5.97 Å². The second kappa shape index (κ2) is 4.99. The highest BCUT2D eigenvalue weighted by Gasteiger charge is 2.29. The smallest absolute Gasteiger partial charge is 0.308 e. The van der Waals surface area contributed by atoms with Crippen molar-refractivity contribution in [2.45, 2.75) is 13.3 Å². The van der Waals surface area contributed by atoms with E-state index in [1.807, 2.05) is 11.8 Å². The molecule has 17 heavy (non-hydrogen) atoms. The molecule has 0 saturated carbocycles. The van der Waals surface area contributed by atoms with Crippen LogP contribution in [0.5, 0.6) is 5.88 Å². The molecule has 6 nitrogen and oxygen atoms in total. The number of hydrogen-bond donors (Lipinski definition) is 1. The fourth-order valence-corrected chi connectivity index (χ4v) is 1.86. The summed E-state index contributed by atoms with van der Waals surface area (Å²) in [4.78, 5) is 21.1. The molecular formula is C11H15N3O3. The van der Waals surface area contributed by atoms with Gasteiger partial charge in [0, 0.05) is 25.4 Å². The molecule has 1 aromatic heterocycles. The van der Waals surface area contributed by atoms with Crippen molar-refractivity contribution in [3.8, 4) is 5.88 Å². The van der Waals surface area contributed by atoms with Gasteiger partial charge in [-0.25, -0.2) is 4.98 Å². The number of carboxylic acid groups (broad SMARTS) is 1. The predicted octanol–water partition coefficient (Wildman–Crippen LogP) is 0.786. The summed E-state index contributed by atoms with van der Waals surface area (Å²) in [6.45, 7) is 3.57. The van der Waals surface area contributed by atoms with Crippen LogP contribution in [0.25, 0.3) is 0 Å². The zero-order valence-electron chi connectivity index (χ0n) is 9.67. The number of nitrogens with zero attached hydrogens (tertiary/aromatic N) is 3. The maximum absolute atomic E-state index is 10.9. The number of aliphatic carboxylic acids is 1. The summed E-state index contributed by atoms with van der Waals surface area (Å²) in [6, 6.07) is 1.69. The number of carboxylic acids is 1. The number of rotatable bonds is 4. The van der Waals surface area contributed by atoms with E-state index in [2.05, 4.69) is 9.97 Å². The minimum Gasteiger partial charge on any atom is -0.481 e. The van der Waals surface area contributed by atoms with E-state index in [9.17, 15) is 4.79 Å². The van der Waals surface area contributed by atoms with Crippen LogP contribution in [-0.2, 0) is 4.79 Å². The molecule has 1 aromatic rings. The standard InChI is InChI=1S/C11H15N3O3/c1-2-17-9-3-5-12-11(13-9)14-6-4-8(7-14)10(15)16/h3,5,8H,2,4,6-7H2,1H3,(H,15,16). The highest BCUT2D eigenvalue weighted by molar-refractivity contribution is 5.71. The summed E-state index contributed by atoms with van der Waals surface area (Å²) >= 11 is 0. The van der Waals surface area contributed by atoms with Crippen LogP contribution in [0.3, 0.4) is 0 Å². The van der Waals surface area contributed by atoms with Gasteiger partial charge < -0.3 is 14.7 Å². The Kier molecular flexibility index (Phi) is 3.41. The third-order valence-electron chi connectivity index (χ3n) is 2.73. The zero-order chi connectivity index (χ0) is 12.3. The Hall–Kier alpha value is -1.85. The predicted molar refractivity (Wildman–Crippen MR) is 61.2 cm³/mol. The van der Waals surface area contributed by atoms with Gasteiger partial charge in [-0.2, -0.15) is 4.98 Å². The summed E-state index contributed by atoms with van der Waals surface area (Å²) in [6.07, 6.45) is 2.26. The minimum absolute atomic E-state index is 0.325. The van der Waals surface area contributed by atoms with Gasteiger partial charge in [0.15, 0.2) is 0 Å². The van der Waals surface area contributed by atoms with Gasteiger partial charge in [-0.3, -0.25) is 4.79 Å². The van der Waals surface area contributed by atoms with Crippen molar-refractivity contribution >= 4 is 11.9 Å². The maximum atomic E-state index is 10.9. The summed E-state index contributed by atoms with van der Waals surface area (Å²) in [5.41, 5.74) is 0. The molecule has 0 amide bonds. The Morgan fingerprint density at radius 1 is 1.71 bits per heavy atom. The lowest BCUT2D eigenvalue weighted by molar-refractivity contribution is -0.140. The van der Waals surface area contributed by atoms with Gasteiger partial charge in [-0.05, 0) is 13.3 Å². The monoisotopic (exact) mass is 237 g/mol. The molecule has 2 heterocycles. The number of hydrogen-bond acceptors (Lipinski definition) is 5. The molecule has 1 unspecified atom stereocenters. The molecule has 6 heteroatoms. The maximum Gasteiger partial charge on any atom is 0.308 e. The number of ether oxygens (including phenoxy) is 1. The van der Waals surface area contributed by atoms with E-state index in [-0.39, 0.29) is 5.92 Å². The van der Waals surface area contributed by atoms with Crippen molar-refractivity contribution in [1.29, 1.82) is 0 Å². The topological polar surface area (TPSA) is 75.5 Å². The van der Waals surface area contributed by atoms with E-state index < -0.39 is 5.97 Å². The molecule has 2 rings (SSSR count). The molecule has 1 N–H and O–H groups in total. The summed E-state index contributed by atoms with van der Waals surface area (Å²) < 4.78 is 5.29. The van der Waals surface area contributed by atoms with Crippen LogP contribution >= 0.6 is 0 Å². The first-order valence-electron chi connectivity index (χ1n) is 5.64. The molecule has 92 valence electrons. The molecule has 0 aromatic carbocycles. The third-order valence-corrected chi connectivity index (χ3v) is 2.73. The number of aromatic nitrogens is 2. The Balaban J connectivity index is 2.08. The van der Waals surface area contributed by atoms with Crippen molar-refractivity contribution in [3.63, 3.8) is 0 Å². The Labute approximate surface area is 99.2 Å². The summed E-state index contributed by atoms with van der Waals surface area (Å²) in [7, 11) is 0. The van der Waals surface area contributed by atoms with Gasteiger partial charge in [-0.1, -0.05) is 0 Å². The van der Waals surface area contributed by atoms with Crippen LogP contribution < -0.4 is 9.64 Å². The van der Waals surface area contributed by atoms with Crippen molar-refractivity contribution in [1.82, 2.24) is 9.97 Å². The molecule has 1 atom stereocenters. The summed E-state index contributed by atoms with van der Waals surface area (Å²) in [5, 5.41) is 8.92. The van der Waals surface area contributed by atoms with Crippen LogP contribution in [0, 0.1) is 5.92 Å². The molecule has 1 aliphatic heterocycles. The van der Waals surface area contributed by atoms with Crippen molar-refractivity contribution < 1.29 is 14.6 Å². The van der Waals surface area contributed by atoms with E-state index in [0.29, 0.717) is 37.9 Å². The first-order valence-corrected chi connectivity index (χ1v) is 5.64. The normalized spacial score (nSPS) is 19.4. The molecule has 0 aliphatic carbocycles. The van der Waals surface area contributed by atoms with E-state index in [4.69, 9.17) is 9.84 Å². The van der Waals surface area contributed by atoms with Crippen molar-refractivity contribution in [2.24, 2.45) is 5.92 Å². The van der Waals surface area contributed by atoms with Gasteiger partial charge in [0.1, 0.15) is 0 Å². The molecule has 0 radical (unpaired) electrons. The lowest BCUT2D eigenvalue weighted by atomic mass is 10.1. The van der Waals surface area contributed by atoms with E-state index in [1.54, 1.807) is 12.3 Å². The lowest BCUT2D eigenvalue weighted by Gasteiger charge is -2.15. The number of carbonyl (C=O) groups is 1. The van der Waals surface area contributed by atoms with Gasteiger partial charge in [0.25, 0.3) is 0 Å². The fraction of sp³-hybridized carbons (Fsp3) is 0.545. The highest BCUT2D eigenvalue weighted by Crippen LogP contribution is 2.22. The van der Waals surface area contributed by atoms with Crippen LogP contribution in [0.1, 0.15) is 13.3 Å². The fourth-order valence-electron chi connectivity index (χ4n) is 1.86. The number of anilines is 1. The van der Waals surface area contributed by atoms with Crippen LogP contribution in [0.15, 0.2) is 12.3 Å². The largest absolute Gasteiger partial charge is 0.481 e. The van der Waals surface area contributed by atoms with Gasteiger partial charge in [0.05, 0.1) is 12.5 Å². The molecule has 1 fully saturated rings. The van der Waals surface area contributed by atoms with Gasteiger partial charge in [0.2, 0.25) is 11.8 Å². The average Bonchev–Trinajstić information content (AvgIpc) is 2.79. The highest BCUT2D eigenvalue weighted by atomic mass is 16.5. The second-order valence-electron chi connectivity index (χ2n) is 3.90. The van der Waals surface area contributed by atoms with E-state index in [1.165, 1.54) is 0 Å². The first-order chi connectivity index (χ1) is 8.20. The quantitative estimate of drug-likeness (QED) is 0.834. The molecule has 1 saturated heterocycles. The van der Waals surface area contributed by atoms with Crippen molar-refractivity contribution in [3.05, 3.63) is 12.3 Å². The van der Waals surface area contributed by atoms with E-state index >= 15 is 0 Å². The average molecular weight is 237 g/mol. The molecular weight excluding hydrogens is 222 g/mol. The Bertz CT molecular complexity index is 411. The first kappa shape index (κ1) is 11.6. The van der Waals surface area contributed by atoms with Crippen LogP contribution in [0.2, 0.25) is 0 Å². The van der Waals surface area contributed by atoms with Gasteiger partial charge in [-0.15, -0.1) is 0 Å². The molecule has 0 spiro atoms. The van der Waals surface area contributed by atoms with E-state index in [0.717, 1.165) is 0 Å². The Morgan fingerprint density at radius 2 is 2.53 bits per heavy atom. The minimum atomic E-state index is -0.756. The molecule has 0 bridgehead atoms. The van der Waals surface area contributed by atoms with Crippen LogP contribution in [-0.4, -0.2) is 40.7 Å². The third kappa shape index (κ3) is 2.64. The molecule has 1 aliphatic rings. The zero-order valence-corrected chi connectivity index (χ0v) is 9.67. The SMILES string of the molecule is CCOc1ccnc(N2CCC(C(=O)O)C2)n1. The Morgan fingerprint density at radius 3 is 3.18 bits per heavy atom. The summed E-state index contributed by atoms with van der Waals surface area (Å²) in [5.74, 6) is -0.0150. The lowest BCUT2D eigenvalue weighted by Crippen LogP contribution is -2.24.